The maximum atomic E-state index is 12.4. The zero-order chi connectivity index (χ0) is 17.1. The van der Waals surface area contributed by atoms with Crippen molar-refractivity contribution in [1.29, 1.82) is 0 Å². The van der Waals surface area contributed by atoms with Crippen molar-refractivity contribution in [2.45, 2.75) is 26.3 Å². The number of anilines is 1. The van der Waals surface area contributed by atoms with Crippen LogP contribution in [0.1, 0.15) is 17.5 Å². The summed E-state index contributed by atoms with van der Waals surface area (Å²) >= 11 is 1.41. The van der Waals surface area contributed by atoms with Crippen molar-refractivity contribution in [3.63, 3.8) is 0 Å². The highest BCUT2D eigenvalue weighted by Crippen LogP contribution is 2.39. The summed E-state index contributed by atoms with van der Waals surface area (Å²) in [5.74, 6) is 0.0778. The van der Waals surface area contributed by atoms with Gasteiger partial charge in [-0.05, 0) is 25.5 Å². The highest BCUT2D eigenvalue weighted by molar-refractivity contribution is 7.91. The second kappa shape index (κ2) is 5.39. The van der Waals surface area contributed by atoms with Gasteiger partial charge in [0.05, 0.1) is 23.2 Å². The average Bonchev–Trinajstić information content (AvgIpc) is 3.13. The van der Waals surface area contributed by atoms with Gasteiger partial charge in [-0.2, -0.15) is 0 Å². The number of rotatable bonds is 2. The first-order valence-electron chi connectivity index (χ1n) is 7.90. The molecule has 2 saturated heterocycles. The summed E-state index contributed by atoms with van der Waals surface area (Å²) in [4.78, 5) is 18.6. The Morgan fingerprint density at radius 2 is 2.04 bits per heavy atom. The molecule has 126 valence electrons. The number of carbonyl (C=O) groups is 1. The van der Waals surface area contributed by atoms with Gasteiger partial charge in [0.2, 0.25) is 5.91 Å². The van der Waals surface area contributed by atoms with E-state index in [1.165, 1.54) is 11.3 Å². The molecule has 0 saturated carbocycles. The maximum absolute atomic E-state index is 12.4. The Bertz CT molecular complexity index is 933. The molecule has 4 rings (SSSR count). The van der Waals surface area contributed by atoms with E-state index in [9.17, 15) is 13.2 Å². The Labute approximate surface area is 145 Å². The molecule has 2 fully saturated rings. The standard InChI is InChI=1S/C17H18N2O3S2/c1-10-3-4-11(2)13(5-10)14-7-23-17(18-14)19-15-9-24(21,22)8-12(15)6-16(19)20/h3-5,7,12,15H,6,8-9H2,1-2H3. The van der Waals surface area contributed by atoms with Crippen molar-refractivity contribution in [3.05, 3.63) is 34.7 Å². The second-order valence-electron chi connectivity index (χ2n) is 6.71. The molecule has 2 aromatic rings. The van der Waals surface area contributed by atoms with Gasteiger partial charge in [0, 0.05) is 23.3 Å². The van der Waals surface area contributed by atoms with Crippen molar-refractivity contribution in [2.75, 3.05) is 16.4 Å². The second-order valence-corrected chi connectivity index (χ2v) is 9.70. The summed E-state index contributed by atoms with van der Waals surface area (Å²) in [5, 5.41) is 2.56. The van der Waals surface area contributed by atoms with Gasteiger partial charge in [-0.1, -0.05) is 17.7 Å². The molecule has 5 nitrogen and oxygen atoms in total. The van der Waals surface area contributed by atoms with Crippen molar-refractivity contribution in [2.24, 2.45) is 5.92 Å². The van der Waals surface area contributed by atoms with Gasteiger partial charge in [0.15, 0.2) is 15.0 Å². The smallest absolute Gasteiger partial charge is 0.229 e. The van der Waals surface area contributed by atoms with Crippen LogP contribution in [-0.4, -0.2) is 36.9 Å². The van der Waals surface area contributed by atoms with E-state index in [0.29, 0.717) is 11.6 Å². The van der Waals surface area contributed by atoms with Gasteiger partial charge < -0.3 is 0 Å². The van der Waals surface area contributed by atoms with Crippen LogP contribution in [0.25, 0.3) is 11.3 Å². The third-order valence-corrected chi connectivity index (χ3v) is 7.47. The lowest BCUT2D eigenvalue weighted by Gasteiger charge is -2.19. The van der Waals surface area contributed by atoms with Crippen LogP contribution in [0.3, 0.4) is 0 Å². The Balaban J connectivity index is 1.70. The molecule has 0 spiro atoms. The molecule has 0 bridgehead atoms. The third-order valence-electron chi connectivity index (χ3n) is 4.84. The molecule has 2 unspecified atom stereocenters. The zero-order valence-corrected chi connectivity index (χ0v) is 15.2. The highest BCUT2D eigenvalue weighted by Gasteiger charge is 2.50. The fourth-order valence-corrected chi connectivity index (χ4v) is 6.62. The van der Waals surface area contributed by atoms with Gasteiger partial charge in [-0.15, -0.1) is 11.3 Å². The lowest BCUT2D eigenvalue weighted by Crippen LogP contribution is -2.36. The Morgan fingerprint density at radius 1 is 1.25 bits per heavy atom. The zero-order valence-electron chi connectivity index (χ0n) is 13.5. The molecular weight excluding hydrogens is 344 g/mol. The molecule has 0 aliphatic carbocycles. The first-order chi connectivity index (χ1) is 11.3. The lowest BCUT2D eigenvalue weighted by molar-refractivity contribution is -0.117. The van der Waals surface area contributed by atoms with E-state index in [0.717, 1.165) is 22.4 Å². The molecule has 7 heteroatoms. The number of nitrogens with zero attached hydrogens (tertiary/aromatic N) is 2. The van der Waals surface area contributed by atoms with E-state index in [2.05, 4.69) is 23.2 Å². The predicted molar refractivity (Wildman–Crippen MR) is 95.1 cm³/mol. The minimum atomic E-state index is -3.04. The SMILES string of the molecule is Cc1ccc(C)c(-c2csc(N3C(=O)CC4CS(=O)(=O)CC43)n2)c1. The average molecular weight is 362 g/mol. The summed E-state index contributed by atoms with van der Waals surface area (Å²) < 4.78 is 23.8. The van der Waals surface area contributed by atoms with E-state index >= 15 is 0 Å². The number of hydrogen-bond donors (Lipinski definition) is 0. The van der Waals surface area contributed by atoms with Gasteiger partial charge in [0.25, 0.3) is 0 Å². The van der Waals surface area contributed by atoms with Crippen LogP contribution in [0.4, 0.5) is 5.13 Å². The fraction of sp³-hybridized carbons (Fsp3) is 0.412. The van der Waals surface area contributed by atoms with Gasteiger partial charge in [0.1, 0.15) is 0 Å². The fourth-order valence-electron chi connectivity index (χ4n) is 3.65. The molecule has 0 N–H and O–H groups in total. The quantitative estimate of drug-likeness (QED) is 0.823. The van der Waals surface area contributed by atoms with Crippen LogP contribution < -0.4 is 4.90 Å². The largest absolute Gasteiger partial charge is 0.284 e. The maximum Gasteiger partial charge on any atom is 0.229 e. The molecule has 2 atom stereocenters. The Hall–Kier alpha value is -1.73. The molecule has 1 amide bonds. The summed E-state index contributed by atoms with van der Waals surface area (Å²) in [6.07, 6.45) is 0.308. The van der Waals surface area contributed by atoms with Gasteiger partial charge in [-0.3, -0.25) is 9.69 Å². The van der Waals surface area contributed by atoms with Crippen LogP contribution >= 0.6 is 11.3 Å². The summed E-state index contributed by atoms with van der Waals surface area (Å²) in [6.45, 7) is 4.07. The Morgan fingerprint density at radius 3 is 2.83 bits per heavy atom. The van der Waals surface area contributed by atoms with E-state index in [1.54, 1.807) is 4.90 Å². The molecule has 0 radical (unpaired) electrons. The molecule has 1 aromatic carbocycles. The number of benzene rings is 1. The first kappa shape index (κ1) is 15.8. The monoisotopic (exact) mass is 362 g/mol. The molecule has 1 aromatic heterocycles. The van der Waals surface area contributed by atoms with Crippen LogP contribution in [0, 0.1) is 19.8 Å². The van der Waals surface area contributed by atoms with E-state index < -0.39 is 9.84 Å². The molecule has 2 aliphatic heterocycles. The van der Waals surface area contributed by atoms with Crippen molar-refractivity contribution in [3.8, 4) is 11.3 Å². The van der Waals surface area contributed by atoms with Gasteiger partial charge >= 0.3 is 0 Å². The highest BCUT2D eigenvalue weighted by atomic mass is 32.2. The topological polar surface area (TPSA) is 67.3 Å². The van der Waals surface area contributed by atoms with Crippen molar-refractivity contribution >= 4 is 32.2 Å². The van der Waals surface area contributed by atoms with Crippen LogP contribution in [0.5, 0.6) is 0 Å². The number of thiazole rings is 1. The normalized spacial score (nSPS) is 25.2. The summed E-state index contributed by atoms with van der Waals surface area (Å²) in [7, 11) is -3.04. The molecule has 2 aliphatic rings. The van der Waals surface area contributed by atoms with Crippen LogP contribution in [0.2, 0.25) is 0 Å². The summed E-state index contributed by atoms with van der Waals surface area (Å²) in [6, 6.07) is 5.96. The van der Waals surface area contributed by atoms with Crippen molar-refractivity contribution < 1.29 is 13.2 Å². The van der Waals surface area contributed by atoms with E-state index in [-0.39, 0.29) is 29.4 Å². The predicted octanol–water partition coefficient (Wildman–Crippen LogP) is 2.58. The third kappa shape index (κ3) is 2.56. The minimum absolute atomic E-state index is 0.0123. The molecule has 3 heterocycles. The Kier molecular flexibility index (Phi) is 3.54. The number of sulfone groups is 1. The number of fused-ring (bicyclic) bond motifs is 1. The lowest BCUT2D eigenvalue weighted by atomic mass is 10.0. The van der Waals surface area contributed by atoms with E-state index in [1.807, 2.05) is 19.2 Å². The van der Waals surface area contributed by atoms with E-state index in [4.69, 9.17) is 0 Å². The number of hydrogen-bond acceptors (Lipinski definition) is 5. The number of aromatic nitrogens is 1. The van der Waals surface area contributed by atoms with Crippen LogP contribution in [-0.2, 0) is 14.6 Å². The van der Waals surface area contributed by atoms with Gasteiger partial charge in [-0.25, -0.2) is 13.4 Å². The van der Waals surface area contributed by atoms with Crippen LogP contribution in [0.15, 0.2) is 23.6 Å². The summed E-state index contributed by atoms with van der Waals surface area (Å²) in [5.41, 5.74) is 4.18. The number of amides is 1. The number of carbonyl (C=O) groups excluding carboxylic acids is 1. The minimum Gasteiger partial charge on any atom is -0.284 e. The number of aryl methyl sites for hydroxylation is 2. The molecular formula is C17H18N2O3S2. The first-order valence-corrected chi connectivity index (χ1v) is 10.6. The van der Waals surface area contributed by atoms with Crippen molar-refractivity contribution in [1.82, 2.24) is 4.98 Å². The molecule has 24 heavy (non-hydrogen) atoms.